The summed E-state index contributed by atoms with van der Waals surface area (Å²) >= 11 is 0. The molecule has 2 heteroatoms. The van der Waals surface area contributed by atoms with Crippen LogP contribution in [-0.4, -0.2) is 34.7 Å². The molecule has 0 bridgehead atoms. The molecular formula is C16H19NaO. The van der Waals surface area contributed by atoms with Crippen molar-refractivity contribution in [1.82, 2.24) is 0 Å². The first-order valence-corrected chi connectivity index (χ1v) is 6.18. The number of rotatable bonds is 4. The van der Waals surface area contributed by atoms with Gasteiger partial charge in [-0.2, -0.15) is 0 Å². The first-order valence-electron chi connectivity index (χ1n) is 6.18. The molecule has 0 unspecified atom stereocenters. The van der Waals surface area contributed by atoms with Gasteiger partial charge in [0.15, 0.2) is 0 Å². The van der Waals surface area contributed by atoms with Crippen LogP contribution in [-0.2, 0) is 6.42 Å². The Morgan fingerprint density at radius 1 is 0.833 bits per heavy atom. The van der Waals surface area contributed by atoms with Gasteiger partial charge in [0.25, 0.3) is 0 Å². The van der Waals surface area contributed by atoms with Gasteiger partial charge in [-0.3, -0.25) is 0 Å². The van der Waals surface area contributed by atoms with Crippen molar-refractivity contribution in [2.45, 2.75) is 26.2 Å². The summed E-state index contributed by atoms with van der Waals surface area (Å²) in [5, 5.41) is 9.24. The Kier molecular flexibility index (Phi) is 6.48. The van der Waals surface area contributed by atoms with Crippen LogP contribution in [0.3, 0.4) is 0 Å². The molecule has 0 saturated carbocycles. The molecule has 0 radical (unpaired) electrons. The van der Waals surface area contributed by atoms with E-state index in [1.807, 2.05) is 12.1 Å². The Morgan fingerprint density at radius 3 is 1.83 bits per heavy atom. The van der Waals surface area contributed by atoms with E-state index in [0.717, 1.165) is 12.0 Å². The average molecular weight is 250 g/mol. The van der Waals surface area contributed by atoms with Gasteiger partial charge in [0, 0.05) is 0 Å². The Bertz CT molecular complexity index is 459. The SMILES string of the molecule is CCCCc1ccc(-c2ccc(O)cc2)cc1.[NaH]. The van der Waals surface area contributed by atoms with E-state index in [4.69, 9.17) is 0 Å². The molecule has 90 valence electrons. The van der Waals surface area contributed by atoms with Crippen LogP contribution in [0.4, 0.5) is 0 Å². The average Bonchev–Trinajstić information content (AvgIpc) is 2.38. The second-order valence-electron chi connectivity index (χ2n) is 4.35. The van der Waals surface area contributed by atoms with Crippen molar-refractivity contribution in [3.8, 4) is 16.9 Å². The van der Waals surface area contributed by atoms with Crippen molar-refractivity contribution in [2.24, 2.45) is 0 Å². The van der Waals surface area contributed by atoms with Gasteiger partial charge >= 0.3 is 29.6 Å². The monoisotopic (exact) mass is 250 g/mol. The number of hydrogen-bond donors (Lipinski definition) is 1. The molecule has 0 fully saturated rings. The molecule has 2 aromatic rings. The first-order chi connectivity index (χ1) is 8.29. The van der Waals surface area contributed by atoms with E-state index in [1.54, 1.807) is 12.1 Å². The minimum atomic E-state index is 0. The zero-order valence-corrected chi connectivity index (χ0v) is 10.2. The van der Waals surface area contributed by atoms with E-state index in [0.29, 0.717) is 5.75 Å². The molecule has 2 aromatic carbocycles. The molecule has 2 rings (SSSR count). The summed E-state index contributed by atoms with van der Waals surface area (Å²) in [6.45, 7) is 2.21. The van der Waals surface area contributed by atoms with Gasteiger partial charge < -0.3 is 5.11 Å². The molecule has 18 heavy (non-hydrogen) atoms. The van der Waals surface area contributed by atoms with Crippen LogP contribution < -0.4 is 0 Å². The van der Waals surface area contributed by atoms with Gasteiger partial charge in [0.2, 0.25) is 0 Å². The second kappa shape index (κ2) is 7.63. The number of phenolic OH excluding ortho intramolecular Hbond substituents is 1. The fourth-order valence-corrected chi connectivity index (χ4v) is 1.90. The summed E-state index contributed by atoms with van der Waals surface area (Å²) in [7, 11) is 0. The van der Waals surface area contributed by atoms with E-state index >= 15 is 0 Å². The number of aromatic hydroxyl groups is 1. The maximum absolute atomic E-state index is 9.24. The van der Waals surface area contributed by atoms with Crippen LogP contribution in [0.25, 0.3) is 11.1 Å². The molecule has 0 heterocycles. The van der Waals surface area contributed by atoms with Crippen LogP contribution in [0.1, 0.15) is 25.3 Å². The first kappa shape index (κ1) is 15.3. The zero-order valence-electron chi connectivity index (χ0n) is 10.2. The molecule has 0 aliphatic rings. The van der Waals surface area contributed by atoms with Crippen LogP contribution in [0, 0.1) is 0 Å². The predicted molar refractivity (Wildman–Crippen MR) is 79.3 cm³/mol. The molecule has 1 nitrogen and oxygen atoms in total. The summed E-state index contributed by atoms with van der Waals surface area (Å²) < 4.78 is 0. The van der Waals surface area contributed by atoms with Crippen LogP contribution in [0.5, 0.6) is 5.75 Å². The van der Waals surface area contributed by atoms with E-state index in [9.17, 15) is 5.11 Å². The molecular weight excluding hydrogens is 231 g/mol. The van der Waals surface area contributed by atoms with Gasteiger partial charge in [-0.15, -0.1) is 0 Å². The van der Waals surface area contributed by atoms with Crippen molar-refractivity contribution in [3.63, 3.8) is 0 Å². The molecule has 0 aromatic heterocycles. The van der Waals surface area contributed by atoms with Gasteiger partial charge in [0.05, 0.1) is 0 Å². The van der Waals surface area contributed by atoms with Gasteiger partial charge in [-0.05, 0) is 41.7 Å². The summed E-state index contributed by atoms with van der Waals surface area (Å²) in [5.41, 5.74) is 3.74. The third-order valence-corrected chi connectivity index (χ3v) is 2.97. The van der Waals surface area contributed by atoms with Gasteiger partial charge in [0.1, 0.15) is 5.75 Å². The van der Waals surface area contributed by atoms with Crippen molar-refractivity contribution < 1.29 is 5.11 Å². The van der Waals surface area contributed by atoms with Crippen LogP contribution in [0.2, 0.25) is 0 Å². The van der Waals surface area contributed by atoms with E-state index in [1.165, 1.54) is 24.0 Å². The Morgan fingerprint density at radius 2 is 1.33 bits per heavy atom. The number of aryl methyl sites for hydroxylation is 1. The van der Waals surface area contributed by atoms with Crippen LogP contribution in [0.15, 0.2) is 48.5 Å². The third-order valence-electron chi connectivity index (χ3n) is 2.97. The van der Waals surface area contributed by atoms with Gasteiger partial charge in [-0.1, -0.05) is 49.7 Å². The molecule has 0 saturated heterocycles. The Labute approximate surface area is 131 Å². The summed E-state index contributed by atoms with van der Waals surface area (Å²) in [6, 6.07) is 16.0. The number of phenols is 1. The number of hydrogen-bond acceptors (Lipinski definition) is 1. The summed E-state index contributed by atoms with van der Waals surface area (Å²) in [4.78, 5) is 0. The normalized spacial score (nSPS) is 9.83. The standard InChI is InChI=1S/C16H18O.Na.H/c1-2-3-4-13-5-7-14(8-6-13)15-9-11-16(17)12-10-15;;/h5-12,17H,2-4H2,1H3;;. The van der Waals surface area contributed by atoms with Crippen molar-refractivity contribution in [3.05, 3.63) is 54.1 Å². The quantitative estimate of drug-likeness (QED) is 0.819. The fourth-order valence-electron chi connectivity index (χ4n) is 1.90. The maximum atomic E-state index is 9.24. The molecule has 0 aliphatic heterocycles. The zero-order chi connectivity index (χ0) is 12.1. The summed E-state index contributed by atoms with van der Waals surface area (Å²) in [6.07, 6.45) is 3.64. The van der Waals surface area contributed by atoms with Crippen molar-refractivity contribution in [2.75, 3.05) is 0 Å². The van der Waals surface area contributed by atoms with E-state index in [2.05, 4.69) is 31.2 Å². The Balaban J connectivity index is 0.00000162. The molecule has 1 N–H and O–H groups in total. The predicted octanol–water partition coefficient (Wildman–Crippen LogP) is 3.75. The number of unbranched alkanes of at least 4 members (excludes halogenated alkanes) is 1. The molecule has 0 spiro atoms. The Hall–Kier alpha value is -0.760. The summed E-state index contributed by atoms with van der Waals surface area (Å²) in [5.74, 6) is 0.313. The second-order valence-corrected chi connectivity index (χ2v) is 4.35. The molecule has 0 amide bonds. The van der Waals surface area contributed by atoms with Gasteiger partial charge in [-0.25, -0.2) is 0 Å². The number of benzene rings is 2. The molecule has 0 atom stereocenters. The molecule has 0 aliphatic carbocycles. The van der Waals surface area contributed by atoms with Crippen molar-refractivity contribution >= 4 is 29.6 Å². The third kappa shape index (κ3) is 4.16. The topological polar surface area (TPSA) is 20.2 Å². The minimum absolute atomic E-state index is 0. The fraction of sp³-hybridized carbons (Fsp3) is 0.250. The van der Waals surface area contributed by atoms with E-state index in [-0.39, 0.29) is 29.6 Å². The van der Waals surface area contributed by atoms with E-state index < -0.39 is 0 Å². The van der Waals surface area contributed by atoms with Crippen LogP contribution >= 0.6 is 0 Å². The van der Waals surface area contributed by atoms with Crippen molar-refractivity contribution in [1.29, 1.82) is 0 Å².